The van der Waals surface area contributed by atoms with Crippen molar-refractivity contribution in [3.63, 3.8) is 0 Å². The van der Waals surface area contributed by atoms with Crippen molar-refractivity contribution in [3.05, 3.63) is 0 Å². The summed E-state index contributed by atoms with van der Waals surface area (Å²) in [5, 5.41) is 3.36. The summed E-state index contributed by atoms with van der Waals surface area (Å²) in [6.45, 7) is 5.71. The van der Waals surface area contributed by atoms with Gasteiger partial charge in [0, 0.05) is 38.1 Å². The Balaban J connectivity index is 1.85. The molecule has 1 N–H and O–H groups in total. The van der Waals surface area contributed by atoms with E-state index in [0.717, 1.165) is 39.1 Å². The molecule has 18 heavy (non-hydrogen) atoms. The number of likely N-dealkylation sites (N-methyl/N-ethyl adjacent to an activating group) is 1. The number of hydrogen-bond acceptors (Lipinski definition) is 3. The Morgan fingerprint density at radius 1 is 1.56 bits per heavy atom. The summed E-state index contributed by atoms with van der Waals surface area (Å²) in [6.07, 6.45) is 4.23. The van der Waals surface area contributed by atoms with Crippen LogP contribution in [0.25, 0.3) is 0 Å². The van der Waals surface area contributed by atoms with E-state index in [1.54, 1.807) is 0 Å². The highest BCUT2D eigenvalue weighted by Crippen LogP contribution is 2.24. The van der Waals surface area contributed by atoms with Crippen LogP contribution in [0.4, 0.5) is 0 Å². The van der Waals surface area contributed by atoms with Gasteiger partial charge in [0.2, 0.25) is 5.91 Å². The van der Waals surface area contributed by atoms with E-state index in [0.29, 0.717) is 23.8 Å². The molecule has 3 atom stereocenters. The van der Waals surface area contributed by atoms with E-state index < -0.39 is 0 Å². The molecule has 0 spiro atoms. The lowest BCUT2D eigenvalue weighted by Crippen LogP contribution is -2.45. The largest absolute Gasteiger partial charge is 0.381 e. The minimum absolute atomic E-state index is 0.340. The molecule has 0 bridgehead atoms. The minimum atomic E-state index is 0.340. The zero-order valence-corrected chi connectivity index (χ0v) is 11.7. The van der Waals surface area contributed by atoms with Gasteiger partial charge in [0.25, 0.3) is 0 Å². The molecular formula is C14H26N2O2. The van der Waals surface area contributed by atoms with Crippen LogP contribution in [-0.4, -0.2) is 50.2 Å². The molecule has 4 heteroatoms. The van der Waals surface area contributed by atoms with E-state index in [1.807, 2.05) is 7.05 Å². The maximum atomic E-state index is 12.0. The summed E-state index contributed by atoms with van der Waals surface area (Å²) in [5.74, 6) is 1.49. The van der Waals surface area contributed by atoms with E-state index in [9.17, 15) is 4.79 Å². The van der Waals surface area contributed by atoms with Gasteiger partial charge < -0.3 is 15.0 Å². The van der Waals surface area contributed by atoms with Gasteiger partial charge in [0.1, 0.15) is 0 Å². The van der Waals surface area contributed by atoms with E-state index in [1.165, 1.54) is 12.8 Å². The van der Waals surface area contributed by atoms with Crippen LogP contribution in [-0.2, 0) is 9.53 Å². The fourth-order valence-corrected chi connectivity index (χ4v) is 3.22. The highest BCUT2D eigenvalue weighted by Gasteiger charge is 2.33. The van der Waals surface area contributed by atoms with E-state index >= 15 is 0 Å². The molecule has 0 aromatic rings. The van der Waals surface area contributed by atoms with Crippen molar-refractivity contribution in [1.82, 2.24) is 10.2 Å². The summed E-state index contributed by atoms with van der Waals surface area (Å²) < 4.78 is 5.45. The number of likely N-dealkylation sites (tertiary alicyclic amines) is 1. The minimum Gasteiger partial charge on any atom is -0.381 e. The number of nitrogens with zero attached hydrogens (tertiary/aromatic N) is 1. The number of nitrogens with one attached hydrogen (secondary N) is 1. The molecule has 4 nitrogen and oxygen atoms in total. The van der Waals surface area contributed by atoms with Crippen LogP contribution >= 0.6 is 0 Å². The summed E-state index contributed by atoms with van der Waals surface area (Å²) in [7, 11) is 1.99. The second kappa shape index (κ2) is 6.53. The Bertz CT molecular complexity index is 277. The standard InChI is InChI=1S/C14H26N2O2/c1-3-4-11-7-14(17)16(8-11)9-13(15-2)12-5-6-18-10-12/h11-13,15H,3-10H2,1-2H3. The number of rotatable bonds is 6. The number of hydrogen-bond donors (Lipinski definition) is 1. The first-order valence-electron chi connectivity index (χ1n) is 7.27. The lowest BCUT2D eigenvalue weighted by atomic mass is 9.98. The summed E-state index contributed by atoms with van der Waals surface area (Å²) in [4.78, 5) is 14.0. The molecule has 2 aliphatic heterocycles. The van der Waals surface area contributed by atoms with Gasteiger partial charge in [-0.15, -0.1) is 0 Å². The monoisotopic (exact) mass is 254 g/mol. The van der Waals surface area contributed by atoms with Crippen LogP contribution in [0.3, 0.4) is 0 Å². The van der Waals surface area contributed by atoms with Gasteiger partial charge in [0.05, 0.1) is 6.61 Å². The van der Waals surface area contributed by atoms with Crippen molar-refractivity contribution >= 4 is 5.91 Å². The molecule has 2 aliphatic rings. The predicted octanol–water partition coefficient (Wildman–Crippen LogP) is 1.26. The Kier molecular flexibility index (Phi) is 5.01. The Morgan fingerprint density at radius 2 is 2.39 bits per heavy atom. The summed E-state index contributed by atoms with van der Waals surface area (Å²) >= 11 is 0. The van der Waals surface area contributed by atoms with Crippen LogP contribution in [0.5, 0.6) is 0 Å². The van der Waals surface area contributed by atoms with Gasteiger partial charge in [-0.2, -0.15) is 0 Å². The third kappa shape index (κ3) is 3.23. The number of amides is 1. The fourth-order valence-electron chi connectivity index (χ4n) is 3.22. The molecule has 3 unspecified atom stereocenters. The number of carbonyl (C=O) groups is 1. The number of carbonyl (C=O) groups excluding carboxylic acids is 1. The van der Waals surface area contributed by atoms with Gasteiger partial charge >= 0.3 is 0 Å². The smallest absolute Gasteiger partial charge is 0.222 e. The Hall–Kier alpha value is -0.610. The van der Waals surface area contributed by atoms with E-state index in [2.05, 4.69) is 17.1 Å². The molecular weight excluding hydrogens is 228 g/mol. The van der Waals surface area contributed by atoms with Gasteiger partial charge in [-0.3, -0.25) is 4.79 Å². The van der Waals surface area contributed by atoms with Gasteiger partial charge in [-0.25, -0.2) is 0 Å². The van der Waals surface area contributed by atoms with Crippen LogP contribution in [0.1, 0.15) is 32.6 Å². The third-order valence-electron chi connectivity index (χ3n) is 4.31. The average Bonchev–Trinajstić information content (AvgIpc) is 2.97. The quantitative estimate of drug-likeness (QED) is 0.776. The molecule has 104 valence electrons. The molecule has 0 aromatic heterocycles. The topological polar surface area (TPSA) is 41.6 Å². The van der Waals surface area contributed by atoms with Crippen LogP contribution in [0.2, 0.25) is 0 Å². The lowest BCUT2D eigenvalue weighted by molar-refractivity contribution is -0.128. The predicted molar refractivity (Wildman–Crippen MR) is 71.4 cm³/mol. The van der Waals surface area contributed by atoms with Gasteiger partial charge in [-0.1, -0.05) is 13.3 Å². The zero-order valence-electron chi connectivity index (χ0n) is 11.7. The van der Waals surface area contributed by atoms with Crippen LogP contribution in [0, 0.1) is 11.8 Å². The fraction of sp³-hybridized carbons (Fsp3) is 0.929. The molecule has 2 fully saturated rings. The molecule has 1 amide bonds. The van der Waals surface area contributed by atoms with Crippen molar-refractivity contribution in [1.29, 1.82) is 0 Å². The molecule has 0 aromatic carbocycles. The van der Waals surface area contributed by atoms with Crippen molar-refractivity contribution in [2.75, 3.05) is 33.4 Å². The van der Waals surface area contributed by atoms with Crippen molar-refractivity contribution in [3.8, 4) is 0 Å². The normalized spacial score (nSPS) is 30.1. The Labute approximate surface area is 110 Å². The second-order valence-electron chi connectivity index (χ2n) is 5.68. The molecule has 0 radical (unpaired) electrons. The van der Waals surface area contributed by atoms with Crippen LogP contribution in [0.15, 0.2) is 0 Å². The second-order valence-corrected chi connectivity index (χ2v) is 5.68. The SMILES string of the molecule is CCCC1CC(=O)N(CC(NC)C2CCOC2)C1. The highest BCUT2D eigenvalue weighted by molar-refractivity contribution is 5.78. The first kappa shape index (κ1) is 13.8. The molecule has 2 heterocycles. The van der Waals surface area contributed by atoms with Crippen molar-refractivity contribution in [2.24, 2.45) is 11.8 Å². The first-order chi connectivity index (χ1) is 8.74. The third-order valence-corrected chi connectivity index (χ3v) is 4.31. The summed E-state index contributed by atoms with van der Waals surface area (Å²) in [6, 6.07) is 0.386. The molecule has 0 saturated carbocycles. The molecule has 2 saturated heterocycles. The van der Waals surface area contributed by atoms with E-state index in [-0.39, 0.29) is 0 Å². The molecule has 0 aliphatic carbocycles. The number of ether oxygens (including phenoxy) is 1. The summed E-state index contributed by atoms with van der Waals surface area (Å²) in [5.41, 5.74) is 0. The van der Waals surface area contributed by atoms with Gasteiger partial charge in [0.15, 0.2) is 0 Å². The van der Waals surface area contributed by atoms with Crippen molar-refractivity contribution < 1.29 is 9.53 Å². The average molecular weight is 254 g/mol. The Morgan fingerprint density at radius 3 is 3.00 bits per heavy atom. The highest BCUT2D eigenvalue weighted by atomic mass is 16.5. The van der Waals surface area contributed by atoms with Crippen molar-refractivity contribution in [2.45, 2.75) is 38.6 Å². The van der Waals surface area contributed by atoms with E-state index in [4.69, 9.17) is 4.74 Å². The molecule has 2 rings (SSSR count). The maximum Gasteiger partial charge on any atom is 0.222 e. The maximum absolute atomic E-state index is 12.0. The van der Waals surface area contributed by atoms with Gasteiger partial charge in [-0.05, 0) is 25.8 Å². The van der Waals surface area contributed by atoms with Crippen LogP contribution < -0.4 is 5.32 Å². The lowest BCUT2D eigenvalue weighted by Gasteiger charge is -2.27. The zero-order chi connectivity index (χ0) is 13.0. The first-order valence-corrected chi connectivity index (χ1v) is 7.27.